The molecule has 0 aromatic heterocycles. The monoisotopic (exact) mass is 418 g/mol. The molecule has 7 heteroatoms. The third kappa shape index (κ3) is 4.70. The number of likely N-dealkylation sites (N-methyl/N-ethyl adjacent to an activating group) is 1. The molecule has 1 aliphatic rings. The van der Waals surface area contributed by atoms with Crippen molar-refractivity contribution < 1.29 is 18.7 Å². The fourth-order valence-corrected chi connectivity index (χ4v) is 3.85. The van der Waals surface area contributed by atoms with E-state index in [2.05, 4.69) is 0 Å². The van der Waals surface area contributed by atoms with Gasteiger partial charge in [-0.15, -0.1) is 0 Å². The maximum absolute atomic E-state index is 13.5. The number of ether oxygens (including phenoxy) is 1. The topological polar surface area (TPSA) is 49.9 Å². The SMILES string of the molecule is CCN(Cc1cccc(F)c1)C(=O)[C@H]1CCCN1C(=O)c1cc(Cl)ccc1OC. The number of carbonyl (C=O) groups excluding carboxylic acids is 2. The van der Waals surface area contributed by atoms with Gasteiger partial charge in [0.2, 0.25) is 5.91 Å². The van der Waals surface area contributed by atoms with E-state index in [4.69, 9.17) is 16.3 Å². The highest BCUT2D eigenvalue weighted by molar-refractivity contribution is 6.31. The lowest BCUT2D eigenvalue weighted by molar-refractivity contribution is -0.135. The van der Waals surface area contributed by atoms with Crippen molar-refractivity contribution in [3.63, 3.8) is 0 Å². The summed E-state index contributed by atoms with van der Waals surface area (Å²) >= 11 is 6.07. The van der Waals surface area contributed by atoms with Crippen LogP contribution in [0.3, 0.4) is 0 Å². The fraction of sp³-hybridized carbons (Fsp3) is 0.364. The van der Waals surface area contributed by atoms with Gasteiger partial charge in [0.25, 0.3) is 5.91 Å². The molecule has 154 valence electrons. The number of hydrogen-bond donors (Lipinski definition) is 0. The summed E-state index contributed by atoms with van der Waals surface area (Å²) in [5.74, 6) is -0.327. The van der Waals surface area contributed by atoms with Crippen LogP contribution < -0.4 is 4.74 Å². The van der Waals surface area contributed by atoms with E-state index in [9.17, 15) is 14.0 Å². The van der Waals surface area contributed by atoms with Crippen LogP contribution in [0.4, 0.5) is 4.39 Å². The number of likely N-dealkylation sites (tertiary alicyclic amines) is 1. The van der Waals surface area contributed by atoms with Crippen LogP contribution in [0, 0.1) is 5.82 Å². The predicted molar refractivity (Wildman–Crippen MR) is 110 cm³/mol. The van der Waals surface area contributed by atoms with Crippen molar-refractivity contribution in [2.45, 2.75) is 32.4 Å². The van der Waals surface area contributed by atoms with Crippen molar-refractivity contribution in [2.24, 2.45) is 0 Å². The highest BCUT2D eigenvalue weighted by atomic mass is 35.5. The third-order valence-electron chi connectivity index (χ3n) is 5.15. The first kappa shape index (κ1) is 21.1. The molecule has 3 rings (SSSR count). The number of rotatable bonds is 6. The second-order valence-corrected chi connectivity index (χ2v) is 7.42. The molecular weight excluding hydrogens is 395 g/mol. The normalized spacial score (nSPS) is 16.0. The molecule has 0 unspecified atom stereocenters. The van der Waals surface area contributed by atoms with Crippen LogP contribution >= 0.6 is 11.6 Å². The van der Waals surface area contributed by atoms with E-state index >= 15 is 0 Å². The van der Waals surface area contributed by atoms with E-state index < -0.39 is 6.04 Å². The Morgan fingerprint density at radius 1 is 1.28 bits per heavy atom. The van der Waals surface area contributed by atoms with Crippen molar-refractivity contribution in [1.29, 1.82) is 0 Å². The van der Waals surface area contributed by atoms with Gasteiger partial charge in [0.1, 0.15) is 17.6 Å². The molecule has 1 atom stereocenters. The Morgan fingerprint density at radius 3 is 2.76 bits per heavy atom. The van der Waals surface area contributed by atoms with Crippen LogP contribution in [0.5, 0.6) is 5.75 Å². The van der Waals surface area contributed by atoms with E-state index in [1.54, 1.807) is 40.1 Å². The molecule has 0 bridgehead atoms. The quantitative estimate of drug-likeness (QED) is 0.708. The van der Waals surface area contributed by atoms with Gasteiger partial charge in [-0.05, 0) is 55.7 Å². The largest absolute Gasteiger partial charge is 0.496 e. The van der Waals surface area contributed by atoms with E-state index in [1.807, 2.05) is 6.92 Å². The summed E-state index contributed by atoms with van der Waals surface area (Å²) < 4.78 is 18.8. The first-order chi connectivity index (χ1) is 13.9. The molecule has 2 aromatic rings. The predicted octanol–water partition coefficient (Wildman–Crippen LogP) is 4.14. The molecule has 2 aromatic carbocycles. The summed E-state index contributed by atoms with van der Waals surface area (Å²) in [7, 11) is 1.49. The van der Waals surface area contributed by atoms with Gasteiger partial charge < -0.3 is 14.5 Å². The van der Waals surface area contributed by atoms with Crippen molar-refractivity contribution in [1.82, 2.24) is 9.80 Å². The molecule has 29 heavy (non-hydrogen) atoms. The molecule has 0 N–H and O–H groups in total. The number of benzene rings is 2. The van der Waals surface area contributed by atoms with E-state index in [0.717, 1.165) is 6.42 Å². The Hall–Kier alpha value is -2.60. The minimum atomic E-state index is -0.556. The van der Waals surface area contributed by atoms with Gasteiger partial charge in [-0.25, -0.2) is 4.39 Å². The summed E-state index contributed by atoms with van der Waals surface area (Å²) in [6, 6.07) is 10.5. The number of nitrogens with zero attached hydrogens (tertiary/aromatic N) is 2. The minimum absolute atomic E-state index is 0.136. The molecule has 0 saturated carbocycles. The van der Waals surface area contributed by atoms with Crippen molar-refractivity contribution >= 4 is 23.4 Å². The second-order valence-electron chi connectivity index (χ2n) is 6.98. The molecule has 1 aliphatic heterocycles. The van der Waals surface area contributed by atoms with Crippen LogP contribution in [-0.4, -0.2) is 47.9 Å². The van der Waals surface area contributed by atoms with Gasteiger partial charge in [-0.2, -0.15) is 0 Å². The van der Waals surface area contributed by atoms with Crippen molar-refractivity contribution in [3.8, 4) is 5.75 Å². The Kier molecular flexibility index (Phi) is 6.75. The van der Waals surface area contributed by atoms with Crippen molar-refractivity contribution in [3.05, 3.63) is 64.4 Å². The maximum Gasteiger partial charge on any atom is 0.258 e. The fourth-order valence-electron chi connectivity index (χ4n) is 3.68. The lowest BCUT2D eigenvalue weighted by Gasteiger charge is -2.30. The zero-order valence-electron chi connectivity index (χ0n) is 16.5. The molecular formula is C22H24ClFN2O3. The average Bonchev–Trinajstić information content (AvgIpc) is 3.21. The van der Waals surface area contributed by atoms with Crippen LogP contribution in [0.25, 0.3) is 0 Å². The Morgan fingerprint density at radius 2 is 2.07 bits per heavy atom. The van der Waals surface area contributed by atoms with E-state index in [1.165, 1.54) is 19.2 Å². The van der Waals surface area contributed by atoms with Crippen LogP contribution in [0.15, 0.2) is 42.5 Å². The standard InChI is InChI=1S/C22H24ClFN2O3/c1-3-25(14-15-6-4-7-17(24)12-15)22(28)19-8-5-11-26(19)21(27)18-13-16(23)9-10-20(18)29-2/h4,6-7,9-10,12-13,19H,3,5,8,11,14H2,1-2H3/t19-/m1/s1. The molecule has 2 amide bonds. The van der Waals surface area contributed by atoms with Gasteiger partial charge in [-0.1, -0.05) is 23.7 Å². The summed E-state index contributed by atoms with van der Waals surface area (Å²) in [5, 5.41) is 0.428. The lowest BCUT2D eigenvalue weighted by Crippen LogP contribution is -2.47. The highest BCUT2D eigenvalue weighted by Crippen LogP contribution is 2.28. The van der Waals surface area contributed by atoms with E-state index in [-0.39, 0.29) is 17.6 Å². The maximum atomic E-state index is 13.5. The van der Waals surface area contributed by atoms with Gasteiger partial charge in [0.15, 0.2) is 0 Å². The number of halogens is 2. The second kappa shape index (κ2) is 9.27. The molecule has 5 nitrogen and oxygen atoms in total. The molecule has 1 heterocycles. The zero-order valence-corrected chi connectivity index (χ0v) is 17.3. The van der Waals surface area contributed by atoms with Gasteiger partial charge in [0.05, 0.1) is 12.7 Å². The number of amides is 2. The smallest absolute Gasteiger partial charge is 0.258 e. The minimum Gasteiger partial charge on any atom is -0.496 e. The Labute approximate surface area is 175 Å². The molecule has 1 saturated heterocycles. The first-order valence-electron chi connectivity index (χ1n) is 9.62. The third-order valence-corrected chi connectivity index (χ3v) is 5.38. The van der Waals surface area contributed by atoms with Crippen molar-refractivity contribution in [2.75, 3.05) is 20.2 Å². The summed E-state index contributed by atoms with van der Waals surface area (Å²) in [6.45, 7) is 3.13. The van der Waals surface area contributed by atoms with Crippen LogP contribution in [0.2, 0.25) is 5.02 Å². The average molecular weight is 419 g/mol. The lowest BCUT2D eigenvalue weighted by atomic mass is 10.1. The highest BCUT2D eigenvalue weighted by Gasteiger charge is 2.37. The van der Waals surface area contributed by atoms with E-state index in [0.29, 0.717) is 48.0 Å². The number of hydrogen-bond acceptors (Lipinski definition) is 3. The number of methoxy groups -OCH3 is 1. The van der Waals surface area contributed by atoms with Gasteiger partial charge >= 0.3 is 0 Å². The summed E-state index contributed by atoms with van der Waals surface area (Å²) in [5.41, 5.74) is 1.06. The first-order valence-corrected chi connectivity index (χ1v) is 10.00. The van der Waals surface area contributed by atoms with Crippen LogP contribution in [0.1, 0.15) is 35.7 Å². The number of carbonyl (C=O) groups is 2. The Balaban J connectivity index is 1.81. The molecule has 0 aliphatic carbocycles. The van der Waals surface area contributed by atoms with Gasteiger partial charge in [0, 0.05) is 24.7 Å². The molecule has 0 radical (unpaired) electrons. The Bertz CT molecular complexity index is 905. The van der Waals surface area contributed by atoms with Crippen LogP contribution in [-0.2, 0) is 11.3 Å². The van der Waals surface area contributed by atoms with Gasteiger partial charge in [-0.3, -0.25) is 9.59 Å². The molecule has 1 fully saturated rings. The summed E-state index contributed by atoms with van der Waals surface area (Å²) in [4.78, 5) is 29.6. The summed E-state index contributed by atoms with van der Waals surface area (Å²) in [6.07, 6.45) is 1.33. The zero-order chi connectivity index (χ0) is 21.0. The molecule has 0 spiro atoms.